The summed E-state index contributed by atoms with van der Waals surface area (Å²) < 4.78 is 0. The summed E-state index contributed by atoms with van der Waals surface area (Å²) >= 11 is 0. The van der Waals surface area contributed by atoms with E-state index in [1.807, 2.05) is 61.1 Å². The van der Waals surface area contributed by atoms with Gasteiger partial charge in [-0.05, 0) is 69.5 Å². The Balaban J connectivity index is 0.00000700. The molecule has 1 aliphatic rings. The summed E-state index contributed by atoms with van der Waals surface area (Å²) in [6, 6.07) is 107. The van der Waals surface area contributed by atoms with Crippen molar-refractivity contribution in [3.05, 3.63) is 357 Å². The predicted molar refractivity (Wildman–Crippen MR) is 357 cm³/mol. The van der Waals surface area contributed by atoms with Gasteiger partial charge in [-0.25, -0.2) is 0 Å². The largest absolute Gasteiger partial charge is 0.305 e. The topological polar surface area (TPSA) is 38.7 Å². The number of hydrogen-bond acceptors (Lipinski definition) is 3. The molecule has 1 aliphatic carbocycles. The molecular formula is C83H55IrN3-4. The first kappa shape index (κ1) is 55.6. The van der Waals surface area contributed by atoms with E-state index in [9.17, 15) is 0 Å². The van der Waals surface area contributed by atoms with E-state index in [1.54, 1.807) is 0 Å². The maximum atomic E-state index is 5.06. The standard InChI is InChI=1S/C83H55N3.Ir/c1-57-50-83(86-56-80(57)61-30-12-5-13-31-61)66-44-47-75(79(55-66)60-28-10-4-11-29-60)72-36-18-15-33-69(72)63-41-40-62(68-32-14-17-35-71(68)74-45-42-64(81-38-20-22-48-84-81)53-77(74)58-24-6-2-7-25-58)51-67(52-63)70-34-16-19-37-73(70)76-46-43-65(82-39-21-23-49-85-82)54-78(76)59-26-8-3-9-27-59;/h2-41,45-56H,1H3;/q-4;. The van der Waals surface area contributed by atoms with Gasteiger partial charge in [0.1, 0.15) is 0 Å². The van der Waals surface area contributed by atoms with E-state index in [-0.39, 0.29) is 20.1 Å². The van der Waals surface area contributed by atoms with Crippen molar-refractivity contribution >= 4 is 16.7 Å². The van der Waals surface area contributed by atoms with Crippen molar-refractivity contribution in [2.75, 3.05) is 0 Å². The molecule has 0 saturated carbocycles. The Morgan fingerprint density at radius 2 is 0.667 bits per heavy atom. The number of aryl methyl sites for hydroxylation is 1. The minimum absolute atomic E-state index is 0. The van der Waals surface area contributed by atoms with Gasteiger partial charge in [0, 0.05) is 44.3 Å². The average Bonchev–Trinajstić information content (AvgIpc) is 3.46. The molecule has 10 aromatic carbocycles. The summed E-state index contributed by atoms with van der Waals surface area (Å²) in [5.41, 5.74) is 28.4. The zero-order valence-corrected chi connectivity index (χ0v) is 50.1. The Hall–Kier alpha value is -10.6. The van der Waals surface area contributed by atoms with Crippen molar-refractivity contribution in [2.45, 2.75) is 6.92 Å². The first-order valence-corrected chi connectivity index (χ1v) is 29.0. The average molecular weight is 1290 g/mol. The van der Waals surface area contributed by atoms with Crippen LogP contribution in [0, 0.1) is 31.5 Å². The van der Waals surface area contributed by atoms with Gasteiger partial charge in [-0.2, -0.15) is 0 Å². The number of pyridine rings is 3. The molecule has 0 N–H and O–H groups in total. The Morgan fingerprint density at radius 1 is 0.299 bits per heavy atom. The summed E-state index contributed by atoms with van der Waals surface area (Å²) in [6.07, 6.45) is 15.0. The van der Waals surface area contributed by atoms with E-state index >= 15 is 0 Å². The van der Waals surface area contributed by atoms with E-state index in [1.165, 1.54) is 0 Å². The van der Waals surface area contributed by atoms with Crippen molar-refractivity contribution in [3.63, 3.8) is 0 Å². The summed E-state index contributed by atoms with van der Waals surface area (Å²) in [4.78, 5) is 14.5. The number of benzene rings is 10. The van der Waals surface area contributed by atoms with Crippen LogP contribution in [-0.2, 0) is 20.1 Å². The molecule has 415 valence electrons. The number of nitrogens with zero attached hydrogens (tertiary/aromatic N) is 3. The molecule has 4 heteroatoms. The van der Waals surface area contributed by atoms with Gasteiger partial charge in [-0.3, -0.25) is 0 Å². The molecule has 0 aliphatic heterocycles. The Kier molecular flexibility index (Phi) is 16.2. The second kappa shape index (κ2) is 25.3. The van der Waals surface area contributed by atoms with Crippen molar-refractivity contribution in [1.82, 2.24) is 15.0 Å². The van der Waals surface area contributed by atoms with Crippen molar-refractivity contribution < 1.29 is 20.1 Å². The van der Waals surface area contributed by atoms with Crippen LogP contribution in [0.25, 0.3) is 128 Å². The van der Waals surface area contributed by atoms with Crippen molar-refractivity contribution in [2.24, 2.45) is 0 Å². The number of aromatic nitrogens is 3. The van der Waals surface area contributed by atoms with E-state index in [0.29, 0.717) is 0 Å². The molecule has 0 amide bonds. The van der Waals surface area contributed by atoms with E-state index in [0.717, 1.165) is 151 Å². The molecule has 13 aromatic rings. The molecule has 3 heterocycles. The van der Waals surface area contributed by atoms with Crippen LogP contribution in [0.4, 0.5) is 0 Å². The zero-order valence-electron chi connectivity index (χ0n) is 47.7. The van der Waals surface area contributed by atoms with Crippen LogP contribution in [0.15, 0.2) is 310 Å². The van der Waals surface area contributed by atoms with Crippen LogP contribution in [0.2, 0.25) is 0 Å². The van der Waals surface area contributed by atoms with E-state index in [4.69, 9.17) is 15.0 Å². The zero-order chi connectivity index (χ0) is 57.6. The molecule has 14 rings (SSSR count). The Bertz CT molecular complexity index is 4690. The molecule has 0 spiro atoms. The van der Waals surface area contributed by atoms with Crippen LogP contribution in [0.3, 0.4) is 0 Å². The smallest absolute Gasteiger partial charge is 0.0242 e. The summed E-state index contributed by atoms with van der Waals surface area (Å²) in [5, 5.41) is 0. The molecule has 0 atom stereocenters. The molecule has 0 bridgehead atoms. The molecule has 0 fully saturated rings. The van der Waals surface area contributed by atoms with Gasteiger partial charge in [0.05, 0.1) is 0 Å². The van der Waals surface area contributed by atoms with Crippen LogP contribution in [0.5, 0.6) is 0 Å². The van der Waals surface area contributed by atoms with Crippen LogP contribution >= 0.6 is 0 Å². The predicted octanol–water partition coefficient (Wildman–Crippen LogP) is 21.0. The maximum absolute atomic E-state index is 5.06. The third kappa shape index (κ3) is 11.6. The molecule has 1 radical (unpaired) electrons. The second-order valence-corrected chi connectivity index (χ2v) is 21.4. The molecule has 0 unspecified atom stereocenters. The molecular weight excluding hydrogens is 1230 g/mol. The normalized spacial score (nSPS) is 11.9. The maximum Gasteiger partial charge on any atom is 0.0242 e. The SMILES string of the molecule is Cc1cc(-c2[c-]cc(-c3ccccc3C3=CC(c4ccccc4-c4c[c-]c(-c5ccccn5)cc4-c4ccccc4)=CC(c4ccccc4-c4c[c-]c(-c5ccccn5)cc4-c4ccccc4)=C[CH-]3)c(-c3ccccc3)c2)ncc1-c1ccccc1.[Ir]. The number of rotatable bonds is 13. The number of hydrogen-bond donors (Lipinski definition) is 0. The quantitative estimate of drug-likeness (QED) is 0.108. The fourth-order valence-corrected chi connectivity index (χ4v) is 11.9. The molecule has 87 heavy (non-hydrogen) atoms. The van der Waals surface area contributed by atoms with Crippen LogP contribution < -0.4 is 0 Å². The fourth-order valence-electron chi connectivity index (χ4n) is 11.9. The minimum Gasteiger partial charge on any atom is -0.305 e. The van der Waals surface area contributed by atoms with E-state index < -0.39 is 0 Å². The van der Waals surface area contributed by atoms with Crippen molar-refractivity contribution in [1.29, 1.82) is 0 Å². The van der Waals surface area contributed by atoms with Gasteiger partial charge in [0.15, 0.2) is 0 Å². The second-order valence-electron chi connectivity index (χ2n) is 21.4. The first-order chi connectivity index (χ1) is 42.6. The van der Waals surface area contributed by atoms with Gasteiger partial charge in [0.25, 0.3) is 0 Å². The monoisotopic (exact) mass is 1290 g/mol. The van der Waals surface area contributed by atoms with Gasteiger partial charge in [0.2, 0.25) is 0 Å². The van der Waals surface area contributed by atoms with Gasteiger partial charge in [-0.15, -0.1) is 107 Å². The third-order valence-corrected chi connectivity index (χ3v) is 16.1. The van der Waals surface area contributed by atoms with Gasteiger partial charge >= 0.3 is 0 Å². The van der Waals surface area contributed by atoms with Crippen molar-refractivity contribution in [3.8, 4) is 112 Å². The van der Waals surface area contributed by atoms with Crippen LogP contribution in [0.1, 0.15) is 22.3 Å². The Labute approximate surface area is 523 Å². The summed E-state index contributed by atoms with van der Waals surface area (Å²) in [5.74, 6) is 0. The minimum atomic E-state index is 0. The number of allylic oxidation sites excluding steroid dienone is 6. The molecule has 0 saturated heterocycles. The summed E-state index contributed by atoms with van der Waals surface area (Å²) in [7, 11) is 0. The fraction of sp³-hybridized carbons (Fsp3) is 0.0120. The van der Waals surface area contributed by atoms with E-state index in [2.05, 4.69) is 280 Å². The van der Waals surface area contributed by atoms with Crippen LogP contribution in [-0.4, -0.2) is 15.0 Å². The molecule has 3 nitrogen and oxygen atoms in total. The summed E-state index contributed by atoms with van der Waals surface area (Å²) in [6.45, 7) is 2.16. The first-order valence-electron chi connectivity index (χ1n) is 29.0. The molecule has 3 aromatic heterocycles. The van der Waals surface area contributed by atoms with Gasteiger partial charge < -0.3 is 15.0 Å². The van der Waals surface area contributed by atoms with Gasteiger partial charge in [-0.1, -0.05) is 292 Å². The third-order valence-electron chi connectivity index (χ3n) is 16.1. The Morgan fingerprint density at radius 3 is 1.09 bits per heavy atom.